The Labute approximate surface area is 144 Å². The van der Waals surface area contributed by atoms with E-state index < -0.39 is 6.09 Å². The lowest BCUT2D eigenvalue weighted by molar-refractivity contribution is -0.120. The standard InChI is InChI=1S/C17H18N2O4S/c1-22-13-5-2-4-12(8-13)19-11-14(23-17(19)21)10-18-16(20)9-15-6-3-7-24-15/h2-8,14H,9-11H2,1H3,(H,18,20). The highest BCUT2D eigenvalue weighted by Gasteiger charge is 2.32. The number of cyclic esters (lactones) is 1. The van der Waals surface area contributed by atoms with Gasteiger partial charge in [0.15, 0.2) is 0 Å². The molecule has 0 saturated carbocycles. The second kappa shape index (κ2) is 7.35. The molecule has 0 aliphatic carbocycles. The number of anilines is 1. The van der Waals surface area contributed by atoms with Crippen LogP contribution in [0.4, 0.5) is 10.5 Å². The molecule has 2 heterocycles. The molecular formula is C17H18N2O4S. The van der Waals surface area contributed by atoms with Gasteiger partial charge in [-0.2, -0.15) is 0 Å². The van der Waals surface area contributed by atoms with E-state index in [0.717, 1.165) is 4.88 Å². The fourth-order valence-corrected chi connectivity index (χ4v) is 3.18. The lowest BCUT2D eigenvalue weighted by Gasteiger charge is -2.14. The molecule has 1 aliphatic heterocycles. The van der Waals surface area contributed by atoms with Gasteiger partial charge in [0.1, 0.15) is 11.9 Å². The third-order valence-corrected chi connectivity index (χ3v) is 4.56. The van der Waals surface area contributed by atoms with Crippen LogP contribution in [0.2, 0.25) is 0 Å². The van der Waals surface area contributed by atoms with E-state index in [4.69, 9.17) is 9.47 Å². The summed E-state index contributed by atoms with van der Waals surface area (Å²) in [5.74, 6) is 0.598. The number of nitrogens with zero attached hydrogens (tertiary/aromatic N) is 1. The van der Waals surface area contributed by atoms with Crippen molar-refractivity contribution in [2.75, 3.05) is 25.1 Å². The molecule has 1 fully saturated rings. The van der Waals surface area contributed by atoms with Crippen molar-refractivity contribution < 1.29 is 19.1 Å². The maximum absolute atomic E-state index is 12.0. The predicted molar refractivity (Wildman–Crippen MR) is 91.6 cm³/mol. The highest BCUT2D eigenvalue weighted by atomic mass is 32.1. The minimum atomic E-state index is -0.416. The normalized spacial score (nSPS) is 16.8. The van der Waals surface area contributed by atoms with Gasteiger partial charge in [0.05, 0.1) is 32.3 Å². The van der Waals surface area contributed by atoms with Crippen LogP contribution in [-0.4, -0.2) is 38.3 Å². The Morgan fingerprint density at radius 2 is 2.29 bits per heavy atom. The Balaban J connectivity index is 1.53. The van der Waals surface area contributed by atoms with Crippen LogP contribution in [0.25, 0.3) is 0 Å². The Morgan fingerprint density at radius 3 is 3.04 bits per heavy atom. The van der Waals surface area contributed by atoms with Crippen LogP contribution in [0, 0.1) is 0 Å². The zero-order chi connectivity index (χ0) is 16.9. The fraction of sp³-hybridized carbons (Fsp3) is 0.294. The SMILES string of the molecule is COc1cccc(N2CC(CNC(=O)Cc3cccs3)OC2=O)c1. The molecule has 1 aliphatic rings. The Bertz CT molecular complexity index is 717. The number of hydrogen-bond acceptors (Lipinski definition) is 5. The second-order valence-electron chi connectivity index (χ2n) is 5.38. The van der Waals surface area contributed by atoms with Crippen LogP contribution in [0.15, 0.2) is 41.8 Å². The molecular weight excluding hydrogens is 328 g/mol. The number of methoxy groups -OCH3 is 1. The van der Waals surface area contributed by atoms with E-state index in [2.05, 4.69) is 5.32 Å². The zero-order valence-electron chi connectivity index (χ0n) is 13.2. The topological polar surface area (TPSA) is 67.9 Å². The smallest absolute Gasteiger partial charge is 0.414 e. The second-order valence-corrected chi connectivity index (χ2v) is 6.41. The van der Waals surface area contributed by atoms with Gasteiger partial charge in [-0.05, 0) is 23.6 Å². The molecule has 3 rings (SSSR count). The number of ether oxygens (including phenoxy) is 2. The summed E-state index contributed by atoms with van der Waals surface area (Å²) in [6.07, 6.45) is -0.436. The Morgan fingerprint density at radius 1 is 1.42 bits per heavy atom. The molecule has 1 N–H and O–H groups in total. The van der Waals surface area contributed by atoms with Crippen molar-refractivity contribution in [1.82, 2.24) is 5.32 Å². The molecule has 1 aromatic carbocycles. The van der Waals surface area contributed by atoms with Gasteiger partial charge in [0, 0.05) is 10.9 Å². The van der Waals surface area contributed by atoms with E-state index in [1.54, 1.807) is 29.4 Å². The van der Waals surface area contributed by atoms with E-state index in [1.807, 2.05) is 35.7 Å². The van der Waals surface area contributed by atoms with Crippen LogP contribution >= 0.6 is 11.3 Å². The van der Waals surface area contributed by atoms with E-state index in [-0.39, 0.29) is 12.0 Å². The molecule has 2 amide bonds. The average molecular weight is 346 g/mol. The lowest BCUT2D eigenvalue weighted by Crippen LogP contribution is -2.35. The Kier molecular flexibility index (Phi) is 5.00. The summed E-state index contributed by atoms with van der Waals surface area (Å²) in [7, 11) is 1.58. The minimum absolute atomic E-state index is 0.0756. The quantitative estimate of drug-likeness (QED) is 0.872. The molecule has 2 aromatic rings. The van der Waals surface area contributed by atoms with E-state index >= 15 is 0 Å². The van der Waals surface area contributed by atoms with Gasteiger partial charge in [-0.3, -0.25) is 9.69 Å². The number of carbonyl (C=O) groups is 2. The van der Waals surface area contributed by atoms with Crippen molar-refractivity contribution in [1.29, 1.82) is 0 Å². The number of amides is 2. The van der Waals surface area contributed by atoms with Crippen molar-refractivity contribution in [2.45, 2.75) is 12.5 Å². The fourth-order valence-electron chi connectivity index (χ4n) is 2.48. The highest BCUT2D eigenvalue weighted by molar-refractivity contribution is 7.10. The van der Waals surface area contributed by atoms with Gasteiger partial charge in [-0.25, -0.2) is 4.79 Å². The van der Waals surface area contributed by atoms with Crippen molar-refractivity contribution in [3.05, 3.63) is 46.7 Å². The number of benzene rings is 1. The number of carbonyl (C=O) groups excluding carboxylic acids is 2. The minimum Gasteiger partial charge on any atom is -0.497 e. The van der Waals surface area contributed by atoms with Gasteiger partial charge < -0.3 is 14.8 Å². The first-order valence-corrected chi connectivity index (χ1v) is 8.45. The summed E-state index contributed by atoms with van der Waals surface area (Å²) in [5.41, 5.74) is 0.715. The van der Waals surface area contributed by atoms with Crippen molar-refractivity contribution in [3.8, 4) is 5.75 Å². The lowest BCUT2D eigenvalue weighted by atomic mass is 10.2. The molecule has 1 aromatic heterocycles. The number of hydrogen-bond donors (Lipinski definition) is 1. The monoisotopic (exact) mass is 346 g/mol. The van der Waals surface area contributed by atoms with Crippen molar-refractivity contribution in [3.63, 3.8) is 0 Å². The molecule has 1 saturated heterocycles. The summed E-state index contributed by atoms with van der Waals surface area (Å²) in [4.78, 5) is 26.5. The maximum Gasteiger partial charge on any atom is 0.414 e. The maximum atomic E-state index is 12.0. The largest absolute Gasteiger partial charge is 0.497 e. The molecule has 0 spiro atoms. The average Bonchev–Trinajstić information content (AvgIpc) is 3.22. The van der Waals surface area contributed by atoms with Crippen LogP contribution in [-0.2, 0) is 16.0 Å². The predicted octanol–water partition coefficient (Wildman–Crippen LogP) is 2.44. The van der Waals surface area contributed by atoms with Crippen molar-refractivity contribution in [2.24, 2.45) is 0 Å². The number of rotatable bonds is 6. The van der Waals surface area contributed by atoms with Crippen LogP contribution in [0.3, 0.4) is 0 Å². The molecule has 1 unspecified atom stereocenters. The molecule has 0 radical (unpaired) electrons. The molecule has 0 bridgehead atoms. The van der Waals surface area contributed by atoms with Gasteiger partial charge >= 0.3 is 6.09 Å². The van der Waals surface area contributed by atoms with E-state index in [0.29, 0.717) is 30.9 Å². The van der Waals surface area contributed by atoms with E-state index in [9.17, 15) is 9.59 Å². The number of thiophene rings is 1. The van der Waals surface area contributed by atoms with Crippen molar-refractivity contribution >= 4 is 29.0 Å². The summed E-state index contributed by atoms with van der Waals surface area (Å²) >= 11 is 1.54. The first-order chi connectivity index (χ1) is 11.7. The summed E-state index contributed by atoms with van der Waals surface area (Å²) < 4.78 is 10.5. The molecule has 6 nitrogen and oxygen atoms in total. The third-order valence-electron chi connectivity index (χ3n) is 3.68. The van der Waals surface area contributed by atoms with Gasteiger partial charge in [-0.15, -0.1) is 11.3 Å². The number of nitrogens with one attached hydrogen (secondary N) is 1. The summed E-state index contributed by atoms with van der Waals surface area (Å²) in [5, 5.41) is 4.76. The molecule has 7 heteroatoms. The van der Waals surface area contributed by atoms with Crippen LogP contribution < -0.4 is 15.0 Å². The van der Waals surface area contributed by atoms with Gasteiger partial charge in [0.2, 0.25) is 5.91 Å². The van der Waals surface area contributed by atoms with Crippen LogP contribution in [0.1, 0.15) is 4.88 Å². The van der Waals surface area contributed by atoms with Gasteiger partial charge in [-0.1, -0.05) is 12.1 Å². The summed E-state index contributed by atoms with van der Waals surface area (Å²) in [6.45, 7) is 0.696. The molecule has 126 valence electrons. The first-order valence-electron chi connectivity index (χ1n) is 7.57. The third kappa shape index (κ3) is 3.86. The van der Waals surface area contributed by atoms with Gasteiger partial charge in [0.25, 0.3) is 0 Å². The molecule has 24 heavy (non-hydrogen) atoms. The zero-order valence-corrected chi connectivity index (χ0v) is 14.0. The van der Waals surface area contributed by atoms with Crippen LogP contribution in [0.5, 0.6) is 5.75 Å². The Hall–Kier alpha value is -2.54. The summed E-state index contributed by atoms with van der Waals surface area (Å²) in [6, 6.07) is 11.1. The highest BCUT2D eigenvalue weighted by Crippen LogP contribution is 2.25. The molecule has 1 atom stereocenters. The first kappa shape index (κ1) is 16.3. The van der Waals surface area contributed by atoms with E-state index in [1.165, 1.54) is 0 Å².